The third kappa shape index (κ3) is 5.30. The maximum Gasteiger partial charge on any atom is 0.263 e. The van der Waals surface area contributed by atoms with E-state index >= 15 is 0 Å². The lowest BCUT2D eigenvalue weighted by Gasteiger charge is -2.16. The molecule has 2 amide bonds. The molecule has 0 radical (unpaired) electrons. The number of thiophene rings is 1. The number of hydrogen-bond acceptors (Lipinski definition) is 7. The summed E-state index contributed by atoms with van der Waals surface area (Å²) in [6.07, 6.45) is 4.07. The number of pyridine rings is 1. The van der Waals surface area contributed by atoms with E-state index in [-0.39, 0.29) is 17.7 Å². The molecule has 1 aromatic carbocycles. The first-order valence-corrected chi connectivity index (χ1v) is 12.2. The Morgan fingerprint density at radius 1 is 1.09 bits per heavy atom. The molecule has 0 saturated heterocycles. The molecule has 3 aromatic heterocycles. The summed E-state index contributed by atoms with van der Waals surface area (Å²) in [5.41, 5.74) is 3.36. The van der Waals surface area contributed by atoms with Crippen LogP contribution in [0.25, 0.3) is 21.5 Å². The zero-order chi connectivity index (χ0) is 24.9. The molecule has 9 heteroatoms. The molecule has 0 aliphatic rings. The van der Waals surface area contributed by atoms with E-state index in [9.17, 15) is 9.59 Å². The van der Waals surface area contributed by atoms with Gasteiger partial charge >= 0.3 is 0 Å². The molecule has 180 valence electrons. The molecule has 1 atom stereocenters. The second-order valence-electron chi connectivity index (χ2n) is 8.45. The Hall–Kier alpha value is -3.85. The highest BCUT2D eigenvalue weighted by atomic mass is 32.1. The predicted molar refractivity (Wildman–Crippen MR) is 140 cm³/mol. The van der Waals surface area contributed by atoms with Crippen molar-refractivity contribution in [3.05, 3.63) is 71.0 Å². The zero-order valence-electron chi connectivity index (χ0n) is 20.2. The van der Waals surface area contributed by atoms with Crippen molar-refractivity contribution in [3.8, 4) is 10.6 Å². The molecule has 1 unspecified atom stereocenters. The Morgan fingerprint density at radius 3 is 2.69 bits per heavy atom. The molecule has 0 spiro atoms. The van der Waals surface area contributed by atoms with E-state index in [2.05, 4.69) is 38.6 Å². The number of amides is 2. The van der Waals surface area contributed by atoms with Crippen LogP contribution in [-0.2, 0) is 0 Å². The maximum atomic E-state index is 12.3. The van der Waals surface area contributed by atoms with E-state index in [4.69, 9.17) is 0 Å². The standard InChI is InChI=1S/C26H28N6O2S/c1-16(17-6-5-7-18-19(25(33)27-2)11-13-29-24(17)18)10-12-28-23-14-20(30-15-31-23)21-8-9-22(35-21)26(34)32(3)4/h5-9,11,13-16H,10,12H2,1-4H3,(H,27,33)(H,28,30,31). The molecule has 0 aliphatic heterocycles. The van der Waals surface area contributed by atoms with Gasteiger partial charge in [0.15, 0.2) is 0 Å². The lowest BCUT2D eigenvalue weighted by Crippen LogP contribution is -2.20. The van der Waals surface area contributed by atoms with Crippen LogP contribution >= 0.6 is 11.3 Å². The molecule has 2 N–H and O–H groups in total. The van der Waals surface area contributed by atoms with E-state index in [0.29, 0.717) is 17.0 Å². The van der Waals surface area contributed by atoms with Gasteiger partial charge in [0.2, 0.25) is 0 Å². The minimum Gasteiger partial charge on any atom is -0.370 e. The molecule has 35 heavy (non-hydrogen) atoms. The van der Waals surface area contributed by atoms with Crippen LogP contribution in [0.15, 0.2) is 55.0 Å². The molecule has 3 heterocycles. The lowest BCUT2D eigenvalue weighted by atomic mass is 9.94. The van der Waals surface area contributed by atoms with Gasteiger partial charge in [0.05, 0.1) is 26.5 Å². The van der Waals surface area contributed by atoms with Crippen LogP contribution in [0.3, 0.4) is 0 Å². The molecule has 8 nitrogen and oxygen atoms in total. The summed E-state index contributed by atoms with van der Waals surface area (Å²) in [6.45, 7) is 2.86. The molecule has 4 rings (SSSR count). The Balaban J connectivity index is 1.44. The first kappa shape index (κ1) is 24.3. The number of fused-ring (bicyclic) bond motifs is 1. The van der Waals surface area contributed by atoms with Crippen molar-refractivity contribution in [2.45, 2.75) is 19.3 Å². The Bertz CT molecular complexity index is 1370. The van der Waals surface area contributed by atoms with Gasteiger partial charge in [0.1, 0.15) is 12.1 Å². The van der Waals surface area contributed by atoms with Gasteiger partial charge < -0.3 is 15.5 Å². The Kier molecular flexibility index (Phi) is 7.36. The van der Waals surface area contributed by atoms with E-state index in [0.717, 1.165) is 39.3 Å². The summed E-state index contributed by atoms with van der Waals surface area (Å²) < 4.78 is 0. The zero-order valence-corrected chi connectivity index (χ0v) is 21.0. The van der Waals surface area contributed by atoms with Gasteiger partial charge in [-0.05, 0) is 36.1 Å². The van der Waals surface area contributed by atoms with Crippen molar-refractivity contribution in [1.82, 2.24) is 25.2 Å². The molecule has 4 aromatic rings. The smallest absolute Gasteiger partial charge is 0.263 e. The van der Waals surface area contributed by atoms with Crippen LogP contribution in [-0.4, -0.2) is 59.4 Å². The van der Waals surface area contributed by atoms with E-state index in [1.165, 1.54) is 17.7 Å². The number of carbonyl (C=O) groups is 2. The van der Waals surface area contributed by atoms with Crippen molar-refractivity contribution in [2.75, 3.05) is 33.0 Å². The molecular weight excluding hydrogens is 460 g/mol. The number of rotatable bonds is 8. The summed E-state index contributed by atoms with van der Waals surface area (Å²) in [6, 6.07) is 13.4. The summed E-state index contributed by atoms with van der Waals surface area (Å²) in [5.74, 6) is 0.811. The number of nitrogens with zero attached hydrogens (tertiary/aromatic N) is 4. The van der Waals surface area contributed by atoms with Crippen LogP contribution in [0.2, 0.25) is 0 Å². The van der Waals surface area contributed by atoms with Crippen molar-refractivity contribution >= 4 is 39.9 Å². The summed E-state index contributed by atoms with van der Waals surface area (Å²) in [5, 5.41) is 6.93. The van der Waals surface area contributed by atoms with Crippen LogP contribution in [0.1, 0.15) is 44.9 Å². The van der Waals surface area contributed by atoms with Crippen LogP contribution in [0.4, 0.5) is 5.82 Å². The lowest BCUT2D eigenvalue weighted by molar-refractivity contribution is 0.0832. The molecule has 0 bridgehead atoms. The topological polar surface area (TPSA) is 100 Å². The number of nitrogens with one attached hydrogen (secondary N) is 2. The van der Waals surface area contributed by atoms with Gasteiger partial charge in [-0.25, -0.2) is 9.97 Å². The van der Waals surface area contributed by atoms with Crippen molar-refractivity contribution in [1.29, 1.82) is 0 Å². The van der Waals surface area contributed by atoms with Crippen molar-refractivity contribution in [2.24, 2.45) is 0 Å². The quantitative estimate of drug-likeness (QED) is 0.381. The van der Waals surface area contributed by atoms with Crippen LogP contribution in [0, 0.1) is 0 Å². The first-order valence-electron chi connectivity index (χ1n) is 11.4. The second-order valence-corrected chi connectivity index (χ2v) is 9.53. The molecule has 0 aliphatic carbocycles. The third-order valence-electron chi connectivity index (χ3n) is 5.83. The molecule has 0 fully saturated rings. The number of aromatic nitrogens is 3. The largest absolute Gasteiger partial charge is 0.370 e. The van der Waals surface area contributed by atoms with Gasteiger partial charge in [-0.1, -0.05) is 25.1 Å². The number of anilines is 1. The van der Waals surface area contributed by atoms with Gasteiger partial charge in [-0.3, -0.25) is 14.6 Å². The fourth-order valence-corrected chi connectivity index (χ4v) is 4.90. The van der Waals surface area contributed by atoms with Crippen molar-refractivity contribution < 1.29 is 9.59 Å². The number of carbonyl (C=O) groups excluding carboxylic acids is 2. The Morgan fingerprint density at radius 2 is 1.91 bits per heavy atom. The van der Waals surface area contributed by atoms with Gasteiger partial charge in [0.25, 0.3) is 11.8 Å². The second kappa shape index (κ2) is 10.6. The monoisotopic (exact) mass is 488 g/mol. The maximum absolute atomic E-state index is 12.3. The third-order valence-corrected chi connectivity index (χ3v) is 6.93. The SMILES string of the molecule is CNC(=O)c1ccnc2c(C(C)CCNc3cc(-c4ccc(C(=O)N(C)C)s4)ncn3)cccc12. The highest BCUT2D eigenvalue weighted by Gasteiger charge is 2.16. The first-order chi connectivity index (χ1) is 16.9. The highest BCUT2D eigenvalue weighted by molar-refractivity contribution is 7.17. The normalized spacial score (nSPS) is 11.8. The average Bonchev–Trinajstić information content (AvgIpc) is 3.37. The minimum atomic E-state index is -0.118. The van der Waals surface area contributed by atoms with Crippen LogP contribution in [0.5, 0.6) is 0 Å². The fraction of sp³-hybridized carbons (Fsp3) is 0.269. The highest BCUT2D eigenvalue weighted by Crippen LogP contribution is 2.30. The number of para-hydroxylation sites is 1. The fourth-order valence-electron chi connectivity index (χ4n) is 3.90. The van der Waals surface area contributed by atoms with Crippen LogP contribution < -0.4 is 10.6 Å². The van der Waals surface area contributed by atoms with Gasteiger partial charge in [-0.15, -0.1) is 11.3 Å². The molecular formula is C26H28N6O2S. The van der Waals surface area contributed by atoms with Gasteiger partial charge in [-0.2, -0.15) is 0 Å². The molecule has 0 saturated carbocycles. The minimum absolute atomic E-state index is 0.0204. The van der Waals surface area contributed by atoms with E-state index < -0.39 is 0 Å². The predicted octanol–water partition coefficient (Wildman–Crippen LogP) is 4.42. The van der Waals surface area contributed by atoms with E-state index in [1.807, 2.05) is 30.3 Å². The van der Waals surface area contributed by atoms with Gasteiger partial charge in [0, 0.05) is 45.3 Å². The number of benzene rings is 1. The summed E-state index contributed by atoms with van der Waals surface area (Å²) in [4.78, 5) is 40.9. The summed E-state index contributed by atoms with van der Waals surface area (Å²) in [7, 11) is 5.11. The Labute approximate surface area is 208 Å². The average molecular weight is 489 g/mol. The van der Waals surface area contributed by atoms with E-state index in [1.54, 1.807) is 38.3 Å². The number of hydrogen-bond donors (Lipinski definition) is 2. The summed E-state index contributed by atoms with van der Waals surface area (Å²) >= 11 is 1.42. The van der Waals surface area contributed by atoms with Crippen molar-refractivity contribution in [3.63, 3.8) is 0 Å².